The maximum Gasteiger partial charge on any atom is 0.195 e. The van der Waals surface area contributed by atoms with Crippen molar-refractivity contribution >= 4 is 12.1 Å². The van der Waals surface area contributed by atoms with Crippen molar-refractivity contribution in [3.8, 4) is 0 Å². The molecule has 0 aromatic heterocycles. The second-order valence-electron chi connectivity index (χ2n) is 3.83. The second kappa shape index (κ2) is 2.85. The minimum Gasteiger partial charge on any atom is -0.295 e. The van der Waals surface area contributed by atoms with Crippen molar-refractivity contribution in [2.45, 2.75) is 19.3 Å². The molecule has 0 spiro atoms. The first-order valence-corrected chi connectivity index (χ1v) is 4.46. The summed E-state index contributed by atoms with van der Waals surface area (Å²) in [5.41, 5.74) is 0. The summed E-state index contributed by atoms with van der Waals surface area (Å²) in [6, 6.07) is 0. The number of hydrogen-bond donors (Lipinski definition) is 0. The van der Waals surface area contributed by atoms with Crippen molar-refractivity contribution in [2.75, 3.05) is 0 Å². The van der Waals surface area contributed by atoms with Gasteiger partial charge in [-0.1, -0.05) is 12.2 Å². The first-order chi connectivity index (χ1) is 5.79. The van der Waals surface area contributed by atoms with Crippen molar-refractivity contribution in [1.82, 2.24) is 0 Å². The third kappa shape index (κ3) is 1.22. The highest BCUT2D eigenvalue weighted by Gasteiger charge is 2.36. The van der Waals surface area contributed by atoms with E-state index in [1.54, 1.807) is 0 Å². The Morgan fingerprint density at radius 2 is 2.25 bits per heavy atom. The lowest BCUT2D eigenvalue weighted by Crippen LogP contribution is -2.13. The SMILES string of the molecule is O=CC(=O)CC1CC2C=CC1C2. The van der Waals surface area contributed by atoms with Gasteiger partial charge in [-0.2, -0.15) is 0 Å². The molecular weight excluding hydrogens is 152 g/mol. The summed E-state index contributed by atoms with van der Waals surface area (Å²) in [5.74, 6) is 1.50. The predicted molar refractivity (Wildman–Crippen MR) is 44.5 cm³/mol. The molecule has 0 N–H and O–H groups in total. The van der Waals surface area contributed by atoms with E-state index >= 15 is 0 Å². The number of hydrogen-bond acceptors (Lipinski definition) is 2. The van der Waals surface area contributed by atoms with Crippen LogP contribution in [0.4, 0.5) is 0 Å². The summed E-state index contributed by atoms with van der Waals surface area (Å²) in [4.78, 5) is 21.0. The van der Waals surface area contributed by atoms with Crippen molar-refractivity contribution < 1.29 is 9.59 Å². The molecule has 0 amide bonds. The van der Waals surface area contributed by atoms with Crippen molar-refractivity contribution in [3.63, 3.8) is 0 Å². The molecule has 1 fully saturated rings. The third-order valence-corrected chi connectivity index (χ3v) is 3.01. The van der Waals surface area contributed by atoms with Crippen molar-refractivity contribution in [3.05, 3.63) is 12.2 Å². The number of carbonyl (C=O) groups is 2. The van der Waals surface area contributed by atoms with Crippen LogP contribution in [0.1, 0.15) is 19.3 Å². The van der Waals surface area contributed by atoms with Crippen molar-refractivity contribution in [1.29, 1.82) is 0 Å². The van der Waals surface area contributed by atoms with Gasteiger partial charge in [0.2, 0.25) is 0 Å². The Hall–Kier alpha value is -0.920. The quantitative estimate of drug-likeness (QED) is 0.358. The van der Waals surface area contributed by atoms with Gasteiger partial charge in [-0.25, -0.2) is 0 Å². The van der Waals surface area contributed by atoms with Gasteiger partial charge in [0.05, 0.1) is 0 Å². The van der Waals surface area contributed by atoms with E-state index in [1.807, 2.05) is 0 Å². The van der Waals surface area contributed by atoms with E-state index < -0.39 is 0 Å². The van der Waals surface area contributed by atoms with E-state index in [1.165, 1.54) is 6.42 Å². The van der Waals surface area contributed by atoms with Gasteiger partial charge in [0, 0.05) is 6.42 Å². The van der Waals surface area contributed by atoms with Gasteiger partial charge in [0.25, 0.3) is 0 Å². The molecule has 0 aliphatic heterocycles. The van der Waals surface area contributed by atoms with Gasteiger partial charge in [0.1, 0.15) is 0 Å². The lowest BCUT2D eigenvalue weighted by atomic mass is 9.89. The number of ketones is 1. The predicted octanol–water partition coefficient (Wildman–Crippen LogP) is 1.36. The Labute approximate surface area is 71.6 Å². The molecule has 0 heterocycles. The first-order valence-electron chi connectivity index (χ1n) is 4.46. The van der Waals surface area contributed by atoms with Gasteiger partial charge in [-0.15, -0.1) is 0 Å². The Kier molecular flexibility index (Phi) is 1.83. The highest BCUT2D eigenvalue weighted by molar-refractivity contribution is 6.24. The first kappa shape index (κ1) is 7.71. The fraction of sp³-hybridized carbons (Fsp3) is 0.600. The number of rotatable bonds is 3. The van der Waals surface area contributed by atoms with E-state index in [9.17, 15) is 9.59 Å². The summed E-state index contributed by atoms with van der Waals surface area (Å²) >= 11 is 0. The average molecular weight is 164 g/mol. The summed E-state index contributed by atoms with van der Waals surface area (Å²) in [5, 5.41) is 0. The highest BCUT2D eigenvalue weighted by Crippen LogP contribution is 2.44. The van der Waals surface area contributed by atoms with Crippen LogP contribution in [0.2, 0.25) is 0 Å². The van der Waals surface area contributed by atoms with E-state index in [-0.39, 0.29) is 5.78 Å². The van der Waals surface area contributed by atoms with Crippen LogP contribution >= 0.6 is 0 Å². The van der Waals surface area contributed by atoms with E-state index in [0.717, 1.165) is 6.42 Å². The largest absolute Gasteiger partial charge is 0.295 e. The highest BCUT2D eigenvalue weighted by atomic mass is 16.2. The maximum atomic E-state index is 10.9. The van der Waals surface area contributed by atoms with Crippen LogP contribution in [0.5, 0.6) is 0 Å². The number of allylic oxidation sites excluding steroid dienone is 2. The van der Waals surface area contributed by atoms with Gasteiger partial charge in [0.15, 0.2) is 12.1 Å². The Balaban J connectivity index is 1.95. The average Bonchev–Trinajstić information content (AvgIpc) is 2.64. The number of fused-ring (bicyclic) bond motifs is 2. The van der Waals surface area contributed by atoms with Gasteiger partial charge >= 0.3 is 0 Å². The molecule has 0 aromatic rings. The topological polar surface area (TPSA) is 34.1 Å². The monoisotopic (exact) mass is 164 g/mol. The fourth-order valence-electron chi connectivity index (χ4n) is 2.44. The zero-order chi connectivity index (χ0) is 8.55. The zero-order valence-electron chi connectivity index (χ0n) is 6.90. The molecule has 0 radical (unpaired) electrons. The molecule has 2 aliphatic rings. The van der Waals surface area contributed by atoms with Crippen LogP contribution in [0, 0.1) is 17.8 Å². The number of carbonyl (C=O) groups excluding carboxylic acids is 2. The summed E-state index contributed by atoms with van der Waals surface area (Å²) < 4.78 is 0. The van der Waals surface area contributed by atoms with Gasteiger partial charge in [-0.05, 0) is 30.6 Å². The lowest BCUT2D eigenvalue weighted by Gasteiger charge is -2.15. The van der Waals surface area contributed by atoms with E-state index in [4.69, 9.17) is 0 Å². The molecule has 2 rings (SSSR count). The normalized spacial score (nSPS) is 37.2. The Morgan fingerprint density at radius 3 is 2.75 bits per heavy atom. The molecule has 3 unspecified atom stereocenters. The molecule has 2 nitrogen and oxygen atoms in total. The molecular formula is C10H12O2. The molecule has 0 aromatic carbocycles. The third-order valence-electron chi connectivity index (χ3n) is 3.01. The van der Waals surface area contributed by atoms with Crippen LogP contribution in [-0.4, -0.2) is 12.1 Å². The van der Waals surface area contributed by atoms with E-state index in [2.05, 4.69) is 12.2 Å². The van der Waals surface area contributed by atoms with Gasteiger partial charge in [-0.3, -0.25) is 9.59 Å². The Morgan fingerprint density at radius 1 is 1.42 bits per heavy atom. The molecule has 2 bridgehead atoms. The second-order valence-corrected chi connectivity index (χ2v) is 3.83. The Bertz CT molecular complexity index is 242. The molecule has 0 saturated heterocycles. The maximum absolute atomic E-state index is 10.9. The zero-order valence-corrected chi connectivity index (χ0v) is 6.90. The lowest BCUT2D eigenvalue weighted by molar-refractivity contribution is -0.130. The standard InChI is InChI=1S/C10H12O2/c11-6-10(12)5-9-4-7-1-2-8(9)3-7/h1-2,6-9H,3-5H2. The van der Waals surface area contributed by atoms with Crippen LogP contribution in [0.3, 0.4) is 0 Å². The molecule has 64 valence electrons. The smallest absolute Gasteiger partial charge is 0.195 e. The summed E-state index contributed by atoms with van der Waals surface area (Å²) in [6.45, 7) is 0. The molecule has 2 aliphatic carbocycles. The van der Waals surface area contributed by atoms with E-state index in [0.29, 0.717) is 30.5 Å². The molecule has 1 saturated carbocycles. The molecule has 12 heavy (non-hydrogen) atoms. The number of Topliss-reactive ketones (excluding diaryl/α,β-unsaturated/α-hetero) is 1. The van der Waals surface area contributed by atoms with Crippen molar-refractivity contribution in [2.24, 2.45) is 17.8 Å². The number of aldehydes is 1. The van der Waals surface area contributed by atoms with Gasteiger partial charge < -0.3 is 0 Å². The summed E-state index contributed by atoms with van der Waals surface area (Å²) in [7, 11) is 0. The minimum absolute atomic E-state index is 0.235. The fourth-order valence-corrected chi connectivity index (χ4v) is 2.44. The molecule has 3 atom stereocenters. The molecule has 2 heteroatoms. The minimum atomic E-state index is -0.235. The van der Waals surface area contributed by atoms with Crippen LogP contribution in [0.25, 0.3) is 0 Å². The van der Waals surface area contributed by atoms with Crippen LogP contribution in [0.15, 0.2) is 12.2 Å². The summed E-state index contributed by atoms with van der Waals surface area (Å²) in [6.07, 6.45) is 7.69. The van der Waals surface area contributed by atoms with Crippen LogP contribution < -0.4 is 0 Å². The van der Waals surface area contributed by atoms with Crippen LogP contribution in [-0.2, 0) is 9.59 Å².